The Morgan fingerprint density at radius 1 is 1.04 bits per heavy atom. The summed E-state index contributed by atoms with van der Waals surface area (Å²) in [7, 11) is 0. The van der Waals surface area contributed by atoms with Gasteiger partial charge >= 0.3 is 0 Å². The second-order valence-corrected chi connectivity index (χ2v) is 7.92. The number of amides is 1. The van der Waals surface area contributed by atoms with Crippen LogP contribution in [0.25, 0.3) is 0 Å². The van der Waals surface area contributed by atoms with Gasteiger partial charge in [-0.3, -0.25) is 4.79 Å². The summed E-state index contributed by atoms with van der Waals surface area (Å²) >= 11 is 0. The van der Waals surface area contributed by atoms with Gasteiger partial charge in [0, 0.05) is 18.9 Å². The van der Waals surface area contributed by atoms with Crippen LogP contribution >= 0.6 is 0 Å². The third-order valence-electron chi connectivity index (χ3n) is 4.68. The summed E-state index contributed by atoms with van der Waals surface area (Å²) in [5, 5.41) is 11.2. The van der Waals surface area contributed by atoms with Gasteiger partial charge in [-0.1, -0.05) is 60.2 Å². The van der Waals surface area contributed by atoms with E-state index in [0.717, 1.165) is 12.0 Å². The van der Waals surface area contributed by atoms with Crippen molar-refractivity contribution in [2.24, 2.45) is 0 Å². The molecule has 0 fully saturated rings. The zero-order valence-corrected chi connectivity index (χ0v) is 16.9. The first-order chi connectivity index (χ1) is 13.3. The fourth-order valence-electron chi connectivity index (χ4n) is 3.36. The molecule has 28 heavy (non-hydrogen) atoms. The van der Waals surface area contributed by atoms with Crippen LogP contribution in [0.15, 0.2) is 59.0 Å². The maximum absolute atomic E-state index is 12.9. The Kier molecular flexibility index (Phi) is 5.93. The van der Waals surface area contributed by atoms with E-state index in [1.165, 1.54) is 11.1 Å². The van der Waals surface area contributed by atoms with Crippen molar-refractivity contribution in [2.75, 3.05) is 0 Å². The standard InChI is InChI=1S/C23H27N3O2/c1-16-10-12-18(13-11-16)15-23(3,4)24-21(27)14-20(19-8-6-5-7-9-19)22-26-25-17(2)28-22/h5-13,20H,14-15H2,1-4H3,(H,24,27). The summed E-state index contributed by atoms with van der Waals surface area (Å²) in [4.78, 5) is 12.9. The number of aromatic nitrogens is 2. The van der Waals surface area contributed by atoms with E-state index in [-0.39, 0.29) is 23.8 Å². The molecule has 0 aliphatic carbocycles. The highest BCUT2D eigenvalue weighted by Crippen LogP contribution is 2.27. The first-order valence-electron chi connectivity index (χ1n) is 9.54. The van der Waals surface area contributed by atoms with Crippen LogP contribution in [0.5, 0.6) is 0 Å². The maximum atomic E-state index is 12.9. The maximum Gasteiger partial charge on any atom is 0.224 e. The molecule has 0 aliphatic rings. The summed E-state index contributed by atoms with van der Waals surface area (Å²) in [5.41, 5.74) is 3.05. The molecular formula is C23H27N3O2. The number of nitrogens with zero attached hydrogens (tertiary/aromatic N) is 2. The molecule has 5 heteroatoms. The van der Waals surface area contributed by atoms with Crippen LogP contribution in [0.1, 0.15) is 54.7 Å². The molecule has 1 unspecified atom stereocenters. The van der Waals surface area contributed by atoms with Crippen molar-refractivity contribution in [3.05, 3.63) is 83.1 Å². The third kappa shape index (κ3) is 5.28. The van der Waals surface area contributed by atoms with Gasteiger partial charge in [-0.25, -0.2) is 0 Å². The summed E-state index contributed by atoms with van der Waals surface area (Å²) in [5.74, 6) is 0.658. The smallest absolute Gasteiger partial charge is 0.224 e. The molecule has 1 N–H and O–H groups in total. The van der Waals surface area contributed by atoms with Crippen molar-refractivity contribution in [1.82, 2.24) is 15.5 Å². The lowest BCUT2D eigenvalue weighted by Gasteiger charge is -2.27. The van der Waals surface area contributed by atoms with Crippen LogP contribution < -0.4 is 5.32 Å². The first-order valence-corrected chi connectivity index (χ1v) is 9.54. The second-order valence-electron chi connectivity index (χ2n) is 7.92. The Morgan fingerprint density at radius 2 is 1.71 bits per heavy atom. The van der Waals surface area contributed by atoms with E-state index in [2.05, 4.69) is 46.7 Å². The molecule has 0 aliphatic heterocycles. The minimum Gasteiger partial charge on any atom is -0.425 e. The van der Waals surface area contributed by atoms with E-state index in [9.17, 15) is 4.79 Å². The SMILES string of the molecule is Cc1ccc(CC(C)(C)NC(=O)CC(c2ccccc2)c2nnc(C)o2)cc1. The number of carbonyl (C=O) groups excluding carboxylic acids is 1. The molecule has 0 radical (unpaired) electrons. The Labute approximate surface area is 166 Å². The predicted octanol–water partition coefficient (Wildman–Crippen LogP) is 4.35. The molecule has 1 atom stereocenters. The number of rotatable bonds is 7. The minimum atomic E-state index is -0.363. The predicted molar refractivity (Wildman–Crippen MR) is 109 cm³/mol. The zero-order chi connectivity index (χ0) is 20.1. The molecule has 5 nitrogen and oxygen atoms in total. The quantitative estimate of drug-likeness (QED) is 0.665. The van der Waals surface area contributed by atoms with Crippen molar-refractivity contribution in [2.45, 2.75) is 52.0 Å². The topological polar surface area (TPSA) is 68.0 Å². The van der Waals surface area contributed by atoms with Crippen LogP contribution in [0.2, 0.25) is 0 Å². The molecule has 1 heterocycles. The molecule has 1 amide bonds. The highest BCUT2D eigenvalue weighted by molar-refractivity contribution is 5.78. The van der Waals surface area contributed by atoms with E-state index in [1.54, 1.807) is 6.92 Å². The van der Waals surface area contributed by atoms with Crippen molar-refractivity contribution < 1.29 is 9.21 Å². The Balaban J connectivity index is 1.72. The molecule has 146 valence electrons. The van der Waals surface area contributed by atoms with Crippen molar-refractivity contribution >= 4 is 5.91 Å². The average molecular weight is 377 g/mol. The lowest BCUT2D eigenvalue weighted by molar-refractivity contribution is -0.123. The van der Waals surface area contributed by atoms with E-state index < -0.39 is 0 Å². The normalized spacial score (nSPS) is 12.6. The summed E-state index contributed by atoms with van der Waals surface area (Å²) in [6, 6.07) is 18.2. The van der Waals surface area contributed by atoms with Gasteiger partial charge < -0.3 is 9.73 Å². The Morgan fingerprint density at radius 3 is 2.32 bits per heavy atom. The summed E-state index contributed by atoms with van der Waals surface area (Å²) < 4.78 is 5.64. The van der Waals surface area contributed by atoms with Crippen LogP contribution in [-0.2, 0) is 11.2 Å². The molecule has 0 saturated carbocycles. The molecule has 0 bridgehead atoms. The number of hydrogen-bond acceptors (Lipinski definition) is 4. The van der Waals surface area contributed by atoms with Gasteiger partial charge in [-0.2, -0.15) is 0 Å². The lowest BCUT2D eigenvalue weighted by Crippen LogP contribution is -2.45. The van der Waals surface area contributed by atoms with Gasteiger partial charge in [0.15, 0.2) is 0 Å². The highest BCUT2D eigenvalue weighted by atomic mass is 16.4. The number of benzene rings is 2. The molecule has 0 spiro atoms. The molecule has 0 saturated heterocycles. The van der Waals surface area contributed by atoms with Gasteiger partial charge in [0.05, 0.1) is 5.92 Å². The highest BCUT2D eigenvalue weighted by Gasteiger charge is 2.27. The molecule has 2 aromatic carbocycles. The van der Waals surface area contributed by atoms with E-state index in [4.69, 9.17) is 4.42 Å². The molecule has 3 aromatic rings. The number of aryl methyl sites for hydroxylation is 2. The Bertz CT molecular complexity index is 915. The Hall–Kier alpha value is -2.95. The monoisotopic (exact) mass is 377 g/mol. The van der Waals surface area contributed by atoms with Crippen molar-refractivity contribution in [1.29, 1.82) is 0 Å². The van der Waals surface area contributed by atoms with Gasteiger partial charge in [0.2, 0.25) is 17.7 Å². The zero-order valence-electron chi connectivity index (χ0n) is 16.9. The number of nitrogens with one attached hydrogen (secondary N) is 1. The van der Waals surface area contributed by atoms with Gasteiger partial charge in [-0.05, 0) is 38.3 Å². The van der Waals surface area contributed by atoms with E-state index in [1.807, 2.05) is 44.2 Å². The first kappa shape index (κ1) is 19.8. The average Bonchev–Trinajstić information content (AvgIpc) is 3.08. The van der Waals surface area contributed by atoms with Crippen molar-refractivity contribution in [3.63, 3.8) is 0 Å². The summed E-state index contributed by atoms with van der Waals surface area (Å²) in [6.07, 6.45) is 1.01. The largest absolute Gasteiger partial charge is 0.425 e. The molecule has 3 rings (SSSR count). The van der Waals surface area contributed by atoms with E-state index >= 15 is 0 Å². The van der Waals surface area contributed by atoms with Crippen molar-refractivity contribution in [3.8, 4) is 0 Å². The minimum absolute atomic E-state index is 0.0400. The van der Waals surface area contributed by atoms with Gasteiger partial charge in [-0.15, -0.1) is 10.2 Å². The second kappa shape index (κ2) is 8.38. The van der Waals surface area contributed by atoms with E-state index in [0.29, 0.717) is 11.8 Å². The van der Waals surface area contributed by atoms with Crippen LogP contribution in [0, 0.1) is 13.8 Å². The lowest BCUT2D eigenvalue weighted by atomic mass is 9.92. The fraction of sp³-hybridized carbons (Fsp3) is 0.348. The fourth-order valence-corrected chi connectivity index (χ4v) is 3.36. The molecule has 1 aromatic heterocycles. The number of carbonyl (C=O) groups is 1. The van der Waals surface area contributed by atoms with Gasteiger partial charge in [0.25, 0.3) is 0 Å². The third-order valence-corrected chi connectivity index (χ3v) is 4.68. The number of hydrogen-bond donors (Lipinski definition) is 1. The van der Waals surface area contributed by atoms with Crippen LogP contribution in [0.3, 0.4) is 0 Å². The van der Waals surface area contributed by atoms with Crippen LogP contribution in [-0.4, -0.2) is 21.6 Å². The summed E-state index contributed by atoms with van der Waals surface area (Å²) in [6.45, 7) is 7.90. The van der Waals surface area contributed by atoms with Gasteiger partial charge in [0.1, 0.15) is 0 Å². The van der Waals surface area contributed by atoms with Crippen LogP contribution in [0.4, 0.5) is 0 Å². The molecular weight excluding hydrogens is 350 g/mol.